The quantitative estimate of drug-likeness (QED) is 0.456. The number of thiazole rings is 1. The number of rotatable bonds is 6. The van der Waals surface area contributed by atoms with E-state index in [1.54, 1.807) is 45.0 Å². The predicted octanol–water partition coefficient (Wildman–Crippen LogP) is 2.80. The molecule has 38 heavy (non-hydrogen) atoms. The lowest BCUT2D eigenvalue weighted by atomic mass is 9.95. The van der Waals surface area contributed by atoms with Crippen LogP contribution in [-0.2, 0) is 14.3 Å². The number of carbonyl (C=O) groups is 2. The Morgan fingerprint density at radius 3 is 2.50 bits per heavy atom. The van der Waals surface area contributed by atoms with Crippen LogP contribution in [0, 0.1) is 5.92 Å². The van der Waals surface area contributed by atoms with Crippen molar-refractivity contribution in [3.8, 4) is 5.75 Å². The van der Waals surface area contributed by atoms with Gasteiger partial charge in [0.1, 0.15) is 17.7 Å². The fourth-order valence-electron chi connectivity index (χ4n) is 4.67. The summed E-state index contributed by atoms with van der Waals surface area (Å²) in [6.45, 7) is 5.39. The molecule has 5 rings (SSSR count). The van der Waals surface area contributed by atoms with Crippen LogP contribution in [0.25, 0.3) is 6.08 Å². The number of fused-ring (bicyclic) bond motifs is 1. The van der Waals surface area contributed by atoms with Gasteiger partial charge in [-0.05, 0) is 45.0 Å². The topological polar surface area (TPSA) is 103 Å². The van der Waals surface area contributed by atoms with E-state index >= 15 is 0 Å². The Labute approximate surface area is 222 Å². The first-order valence-corrected chi connectivity index (χ1v) is 12.9. The molecule has 1 aromatic heterocycles. The van der Waals surface area contributed by atoms with Gasteiger partial charge in [-0.15, -0.1) is 0 Å². The van der Waals surface area contributed by atoms with Crippen LogP contribution in [0.3, 0.4) is 0 Å². The largest absolute Gasteiger partial charge is 0.496 e. The fraction of sp³-hybridized carbons (Fsp3) is 0.250. The van der Waals surface area contributed by atoms with Gasteiger partial charge in [-0.25, -0.2) is 9.79 Å². The van der Waals surface area contributed by atoms with Crippen molar-refractivity contribution in [3.63, 3.8) is 0 Å². The van der Waals surface area contributed by atoms with E-state index in [2.05, 4.69) is 10.1 Å². The highest BCUT2D eigenvalue weighted by Crippen LogP contribution is 2.35. The predicted molar refractivity (Wildman–Crippen MR) is 145 cm³/mol. The SMILES string of the molecule is CCOC(=O)C1=C(C)N=c2s/c(=C/[C@@H]3C(=O)N(c4ccccc4)N=C3C)c(=O)n2[C@@H]1c1ccccc1OC. The summed E-state index contributed by atoms with van der Waals surface area (Å²) in [5.74, 6) is -0.974. The second kappa shape index (κ2) is 10.2. The van der Waals surface area contributed by atoms with Crippen LogP contribution in [0.4, 0.5) is 5.69 Å². The third-order valence-corrected chi connectivity index (χ3v) is 7.45. The van der Waals surface area contributed by atoms with E-state index in [0.29, 0.717) is 37.7 Å². The van der Waals surface area contributed by atoms with E-state index in [9.17, 15) is 14.4 Å². The number of para-hydroxylation sites is 2. The molecule has 3 aromatic rings. The Kier molecular flexibility index (Phi) is 6.81. The molecule has 10 heteroatoms. The summed E-state index contributed by atoms with van der Waals surface area (Å²) in [4.78, 5) is 45.3. The van der Waals surface area contributed by atoms with E-state index in [1.807, 2.05) is 36.4 Å². The Morgan fingerprint density at radius 2 is 1.79 bits per heavy atom. The molecule has 0 fully saturated rings. The Bertz CT molecular complexity index is 1670. The summed E-state index contributed by atoms with van der Waals surface area (Å²) in [5.41, 5.74) is 2.22. The molecule has 194 valence electrons. The molecule has 1 amide bonds. The lowest BCUT2D eigenvalue weighted by Crippen LogP contribution is -2.40. The number of methoxy groups -OCH3 is 1. The van der Waals surface area contributed by atoms with Gasteiger partial charge in [-0.2, -0.15) is 10.1 Å². The van der Waals surface area contributed by atoms with E-state index in [0.717, 1.165) is 0 Å². The number of aromatic nitrogens is 1. The summed E-state index contributed by atoms with van der Waals surface area (Å²) < 4.78 is 12.7. The van der Waals surface area contributed by atoms with E-state index in [1.165, 1.54) is 28.0 Å². The van der Waals surface area contributed by atoms with Crippen LogP contribution in [0.15, 0.2) is 80.8 Å². The highest BCUT2D eigenvalue weighted by Gasteiger charge is 2.36. The molecule has 0 unspecified atom stereocenters. The summed E-state index contributed by atoms with van der Waals surface area (Å²) in [5, 5.41) is 5.79. The van der Waals surface area contributed by atoms with Crippen molar-refractivity contribution in [2.24, 2.45) is 16.0 Å². The van der Waals surface area contributed by atoms with E-state index < -0.39 is 17.9 Å². The van der Waals surface area contributed by atoms with Crippen LogP contribution in [0.1, 0.15) is 32.4 Å². The molecular weight excluding hydrogens is 504 g/mol. The fourth-order valence-corrected chi connectivity index (χ4v) is 5.73. The van der Waals surface area contributed by atoms with Gasteiger partial charge in [0.2, 0.25) is 0 Å². The summed E-state index contributed by atoms with van der Waals surface area (Å²) in [6, 6.07) is 15.6. The highest BCUT2D eigenvalue weighted by molar-refractivity contribution is 7.07. The van der Waals surface area contributed by atoms with Gasteiger partial charge < -0.3 is 9.47 Å². The third-order valence-electron chi connectivity index (χ3n) is 6.45. The first kappa shape index (κ1) is 25.3. The Morgan fingerprint density at radius 1 is 1.08 bits per heavy atom. The number of esters is 1. The molecule has 2 aliphatic rings. The normalized spacial score (nSPS) is 19.3. The van der Waals surface area contributed by atoms with Crippen LogP contribution < -0.4 is 24.6 Å². The molecule has 3 heterocycles. The molecule has 0 radical (unpaired) electrons. The zero-order valence-corrected chi connectivity index (χ0v) is 22.2. The Balaban J connectivity index is 1.66. The van der Waals surface area contributed by atoms with Crippen molar-refractivity contribution in [2.75, 3.05) is 18.7 Å². The molecule has 2 aromatic carbocycles. The molecule has 2 aliphatic heterocycles. The van der Waals surface area contributed by atoms with Crippen molar-refractivity contribution >= 4 is 40.7 Å². The van der Waals surface area contributed by atoms with Crippen molar-refractivity contribution in [3.05, 3.63) is 91.1 Å². The van der Waals surface area contributed by atoms with Crippen LogP contribution in [0.2, 0.25) is 0 Å². The number of hydrogen-bond acceptors (Lipinski definition) is 8. The van der Waals surface area contributed by atoms with Gasteiger partial charge in [0.05, 0.1) is 40.9 Å². The van der Waals surface area contributed by atoms with Gasteiger partial charge >= 0.3 is 5.97 Å². The number of hydrogen-bond donors (Lipinski definition) is 0. The van der Waals surface area contributed by atoms with Gasteiger partial charge in [0.15, 0.2) is 4.80 Å². The highest BCUT2D eigenvalue weighted by atomic mass is 32.1. The van der Waals surface area contributed by atoms with E-state index in [-0.39, 0.29) is 23.6 Å². The standard InChI is InChI=1S/C28H26N4O5S/c1-5-37-27(35)23-17(3)29-28-31(24(23)19-13-9-10-14-21(19)36-4)26(34)22(38-28)15-20-16(2)30-32(25(20)33)18-11-7-6-8-12-18/h6-15,20,24H,5H2,1-4H3/b22-15+/t20-,24+/m0/s1. The zero-order valence-electron chi connectivity index (χ0n) is 21.4. The van der Waals surface area contributed by atoms with Crippen molar-refractivity contribution in [1.29, 1.82) is 0 Å². The smallest absolute Gasteiger partial charge is 0.338 e. The molecule has 0 bridgehead atoms. The molecule has 0 saturated carbocycles. The molecule has 0 spiro atoms. The number of nitrogens with zero attached hydrogens (tertiary/aromatic N) is 4. The maximum atomic E-state index is 13.9. The van der Waals surface area contributed by atoms with Gasteiger partial charge in [-0.3, -0.25) is 14.2 Å². The number of anilines is 1. The number of ether oxygens (including phenoxy) is 2. The zero-order chi connectivity index (χ0) is 27.0. The minimum Gasteiger partial charge on any atom is -0.496 e. The number of allylic oxidation sites excluding steroid dienone is 1. The van der Waals surface area contributed by atoms with Gasteiger partial charge in [-0.1, -0.05) is 47.7 Å². The molecule has 0 saturated heterocycles. The maximum Gasteiger partial charge on any atom is 0.338 e. The minimum absolute atomic E-state index is 0.180. The van der Waals surface area contributed by atoms with Crippen LogP contribution in [-0.4, -0.2) is 35.9 Å². The average Bonchev–Trinajstić information content (AvgIpc) is 3.38. The number of carbonyl (C=O) groups excluding carboxylic acids is 2. The molecule has 9 nitrogen and oxygen atoms in total. The van der Waals surface area contributed by atoms with Crippen molar-refractivity contribution < 1.29 is 19.1 Å². The lowest BCUT2D eigenvalue weighted by molar-refractivity contribution is -0.139. The van der Waals surface area contributed by atoms with Gasteiger partial charge in [0, 0.05) is 5.56 Å². The number of benzene rings is 2. The second-order valence-electron chi connectivity index (χ2n) is 8.77. The second-order valence-corrected chi connectivity index (χ2v) is 9.78. The lowest BCUT2D eigenvalue weighted by Gasteiger charge is -2.25. The summed E-state index contributed by atoms with van der Waals surface area (Å²) in [7, 11) is 1.54. The number of hydrazone groups is 1. The maximum absolute atomic E-state index is 13.9. The average molecular weight is 531 g/mol. The van der Waals surface area contributed by atoms with E-state index in [4.69, 9.17) is 9.47 Å². The first-order chi connectivity index (χ1) is 18.3. The molecular formula is C28H26N4O5S. The molecule has 0 N–H and O–H groups in total. The number of amides is 1. The summed E-state index contributed by atoms with van der Waals surface area (Å²) >= 11 is 1.17. The van der Waals surface area contributed by atoms with Gasteiger partial charge in [0.25, 0.3) is 11.5 Å². The molecule has 2 atom stereocenters. The van der Waals surface area contributed by atoms with Crippen molar-refractivity contribution in [2.45, 2.75) is 26.8 Å². The minimum atomic E-state index is -0.807. The third kappa shape index (κ3) is 4.26. The monoisotopic (exact) mass is 530 g/mol. The first-order valence-electron chi connectivity index (χ1n) is 12.1. The Hall–Kier alpha value is -4.31. The van der Waals surface area contributed by atoms with Crippen LogP contribution >= 0.6 is 11.3 Å². The van der Waals surface area contributed by atoms with Crippen molar-refractivity contribution in [1.82, 2.24) is 4.57 Å². The summed E-state index contributed by atoms with van der Waals surface area (Å²) in [6.07, 6.45) is 1.64. The molecule has 0 aliphatic carbocycles. The van der Waals surface area contributed by atoms with Crippen LogP contribution in [0.5, 0.6) is 5.75 Å².